The molecule has 4 N–H and O–H groups in total. The summed E-state index contributed by atoms with van der Waals surface area (Å²) in [5.41, 5.74) is 4.50. The number of hydrogen-bond acceptors (Lipinski definition) is 0. The van der Waals surface area contributed by atoms with Gasteiger partial charge in [0.1, 0.15) is 0 Å². The Bertz CT molecular complexity index is 13.5. The Kier molecular flexibility index (Phi) is 22.1. The fourth-order valence-corrected chi connectivity index (χ4v) is 0. The average Bonchev–Trinajstić information content (AvgIpc) is 0.918. The van der Waals surface area contributed by atoms with Gasteiger partial charge in [0.25, 0.3) is 0 Å². The van der Waals surface area contributed by atoms with Crippen LogP contribution in [0.2, 0.25) is 0 Å². The van der Waals surface area contributed by atoms with Crippen LogP contribution in [0.3, 0.4) is 0 Å². The second-order valence-corrected chi connectivity index (χ2v) is 0.192. The van der Waals surface area contributed by atoms with Crippen LogP contribution in [0.5, 0.6) is 0 Å². The first-order valence-corrected chi connectivity index (χ1v) is 0.667. The molecule has 0 aromatic heterocycles. The molecule has 2 radical (unpaired) electrons. The largest absolute Gasteiger partial charge is 2.00 e. The number of rotatable bonds is 0. The Morgan fingerprint density at radius 3 is 1.75 bits per heavy atom. The zero-order valence-electron chi connectivity index (χ0n) is 2.23. The van der Waals surface area contributed by atoms with Crippen molar-refractivity contribution in [3.05, 3.63) is 0 Å². The Hall–Kier alpha value is 0.392. The molecule has 0 bridgehead atoms. The monoisotopic (exact) mass is 253 g/mol. The van der Waals surface area contributed by atoms with Crippen LogP contribution in [0.1, 0.15) is 0 Å². The van der Waals surface area contributed by atoms with Gasteiger partial charge >= 0.3 is 27.3 Å². The Morgan fingerprint density at radius 2 is 1.75 bits per heavy atom. The molecule has 20 valence electrons. The molecule has 0 atom stereocenters. The minimum Gasteiger partial charge on any atom is -0.294 e. The summed E-state index contributed by atoms with van der Waals surface area (Å²) in [7, 11) is 0. The smallest absolute Gasteiger partial charge is 0.294 e. The predicted octanol–water partition coefficient (Wildman–Crippen LogP) is -2.65. The molecule has 0 spiro atoms. The maximum absolute atomic E-state index is 4.50. The molecule has 0 aliphatic rings. The second kappa shape index (κ2) is 10.0. The molecular formula is CH5N2Pb+3. The van der Waals surface area contributed by atoms with Crippen LogP contribution >= 0.6 is 0 Å². The van der Waals surface area contributed by atoms with Gasteiger partial charge in [0.05, 0.1) is 0 Å². The fourth-order valence-electron chi connectivity index (χ4n) is 0. The van der Waals surface area contributed by atoms with E-state index < -0.39 is 0 Å². The van der Waals surface area contributed by atoms with Gasteiger partial charge in [-0.25, -0.2) is 0 Å². The van der Waals surface area contributed by atoms with Crippen molar-refractivity contribution >= 4 is 33.6 Å². The normalized spacial score (nSPS) is 3.00. The molecule has 3 heteroatoms. The summed E-state index contributed by atoms with van der Waals surface area (Å²) in [6.07, 6.45) is 1.00. The van der Waals surface area contributed by atoms with Gasteiger partial charge in [0, 0.05) is 0 Å². The van der Waals surface area contributed by atoms with Gasteiger partial charge < -0.3 is 0 Å². The van der Waals surface area contributed by atoms with E-state index in [1.165, 1.54) is 0 Å². The average molecular weight is 252 g/mol. The van der Waals surface area contributed by atoms with Gasteiger partial charge in [-0.2, -0.15) is 0 Å². The Balaban J connectivity index is 0. The van der Waals surface area contributed by atoms with Crippen LogP contribution in [-0.2, 0) is 0 Å². The molecule has 0 aromatic rings. The molecule has 4 heavy (non-hydrogen) atoms. The van der Waals surface area contributed by atoms with Crippen LogP contribution in [0.4, 0.5) is 0 Å². The van der Waals surface area contributed by atoms with E-state index in [0.717, 1.165) is 6.34 Å². The molecule has 2 nitrogen and oxygen atoms in total. The SMILES string of the molecule is NC=[NH2+].[Pb+2]. The van der Waals surface area contributed by atoms with E-state index in [2.05, 4.69) is 11.1 Å². The summed E-state index contributed by atoms with van der Waals surface area (Å²) in [5, 5.41) is 4.50. The molecule has 0 rings (SSSR count). The van der Waals surface area contributed by atoms with E-state index in [9.17, 15) is 0 Å². The van der Waals surface area contributed by atoms with Crippen LogP contribution < -0.4 is 11.1 Å². The summed E-state index contributed by atoms with van der Waals surface area (Å²) in [6.45, 7) is 0. The van der Waals surface area contributed by atoms with E-state index in [0.29, 0.717) is 0 Å². The molecule has 0 aromatic carbocycles. The van der Waals surface area contributed by atoms with Crippen molar-refractivity contribution in [1.29, 1.82) is 0 Å². The van der Waals surface area contributed by atoms with Gasteiger partial charge in [-0.3, -0.25) is 11.1 Å². The van der Waals surface area contributed by atoms with E-state index in [1.54, 1.807) is 0 Å². The molecule has 0 heterocycles. The quantitative estimate of drug-likeness (QED) is 0.276. The zero-order valence-corrected chi connectivity index (χ0v) is 6.12. The third-order valence-electron chi connectivity index (χ3n) is 0. The molecule has 0 fully saturated rings. The standard InChI is InChI=1S/CH4N2.Pb/c2-1-3;/h1H,(H3,2,3);/q;+2/p+1. The van der Waals surface area contributed by atoms with Crippen LogP contribution in [-0.4, -0.2) is 33.6 Å². The first kappa shape index (κ1) is 8.83. The minimum atomic E-state index is 0. The summed E-state index contributed by atoms with van der Waals surface area (Å²) < 4.78 is 0. The fraction of sp³-hybridized carbons (Fsp3) is 0. The molecule has 0 aliphatic carbocycles. The molecule has 0 aliphatic heterocycles. The van der Waals surface area contributed by atoms with Crippen molar-refractivity contribution in [2.45, 2.75) is 0 Å². The first-order chi connectivity index (χ1) is 1.41. The summed E-state index contributed by atoms with van der Waals surface area (Å²) in [4.78, 5) is 0. The third-order valence-corrected chi connectivity index (χ3v) is 0. The molecule has 0 unspecified atom stereocenters. The number of nitrogens with two attached hydrogens (primary N) is 2. The van der Waals surface area contributed by atoms with Gasteiger partial charge in [0.2, 0.25) is 6.34 Å². The van der Waals surface area contributed by atoms with E-state index in [1.807, 2.05) is 0 Å². The van der Waals surface area contributed by atoms with Gasteiger partial charge in [-0.05, 0) is 0 Å². The number of hydrogen-bond donors (Lipinski definition) is 2. The van der Waals surface area contributed by atoms with Crippen molar-refractivity contribution in [2.75, 3.05) is 0 Å². The van der Waals surface area contributed by atoms with E-state index in [-0.39, 0.29) is 27.3 Å². The van der Waals surface area contributed by atoms with Crippen molar-refractivity contribution in [3.8, 4) is 0 Å². The third kappa shape index (κ3) is 30.2. The van der Waals surface area contributed by atoms with E-state index in [4.69, 9.17) is 0 Å². The maximum atomic E-state index is 4.50. The second-order valence-electron chi connectivity index (χ2n) is 0.192. The van der Waals surface area contributed by atoms with E-state index >= 15 is 0 Å². The molecule has 0 amide bonds. The van der Waals surface area contributed by atoms with Crippen LogP contribution in [0.25, 0.3) is 0 Å². The van der Waals surface area contributed by atoms with Crippen LogP contribution in [0, 0.1) is 0 Å². The zero-order chi connectivity index (χ0) is 2.71. The van der Waals surface area contributed by atoms with Crippen molar-refractivity contribution in [2.24, 2.45) is 5.73 Å². The molecule has 0 saturated carbocycles. The van der Waals surface area contributed by atoms with Crippen molar-refractivity contribution in [3.63, 3.8) is 0 Å². The van der Waals surface area contributed by atoms with Crippen LogP contribution in [0.15, 0.2) is 0 Å². The van der Waals surface area contributed by atoms with Gasteiger partial charge in [0.15, 0.2) is 0 Å². The Morgan fingerprint density at radius 1 is 1.75 bits per heavy atom. The first-order valence-electron chi connectivity index (χ1n) is 0.667. The summed E-state index contributed by atoms with van der Waals surface area (Å²) in [5.74, 6) is 0. The van der Waals surface area contributed by atoms with Crippen molar-refractivity contribution in [1.82, 2.24) is 0 Å². The van der Waals surface area contributed by atoms with Gasteiger partial charge in [-0.1, -0.05) is 0 Å². The molecular weight excluding hydrogens is 247 g/mol. The maximum Gasteiger partial charge on any atom is 2.00 e. The predicted molar refractivity (Wildman–Crippen MR) is 17.9 cm³/mol. The van der Waals surface area contributed by atoms with Crippen molar-refractivity contribution < 1.29 is 5.41 Å². The minimum absolute atomic E-state index is 0. The summed E-state index contributed by atoms with van der Waals surface area (Å²) >= 11 is 0. The molecule has 0 saturated heterocycles. The van der Waals surface area contributed by atoms with Gasteiger partial charge in [-0.15, -0.1) is 0 Å². The summed E-state index contributed by atoms with van der Waals surface area (Å²) in [6, 6.07) is 0. The topological polar surface area (TPSA) is 51.6 Å². The Labute approximate surface area is 45.0 Å².